The molecule has 1 rings (SSSR count). The SMILES string of the molecule is CSC1=CC(SC)=NNN1. The summed E-state index contributed by atoms with van der Waals surface area (Å²) in [5, 5.41) is 6.07. The minimum absolute atomic E-state index is 1.00. The normalized spacial score (nSPS) is 16.6. The summed E-state index contributed by atoms with van der Waals surface area (Å²) in [5.74, 6) is 0. The topological polar surface area (TPSA) is 36.4 Å². The van der Waals surface area contributed by atoms with E-state index in [2.05, 4.69) is 16.1 Å². The predicted octanol–water partition coefficient (Wildman–Crippen LogP) is 0.975. The van der Waals surface area contributed by atoms with E-state index >= 15 is 0 Å². The highest BCUT2D eigenvalue weighted by molar-refractivity contribution is 8.13. The van der Waals surface area contributed by atoms with Crippen molar-refractivity contribution in [3.63, 3.8) is 0 Å². The van der Waals surface area contributed by atoms with Crippen LogP contribution in [0.15, 0.2) is 16.2 Å². The first-order valence-electron chi connectivity index (χ1n) is 2.75. The molecule has 0 saturated heterocycles. The fourth-order valence-electron chi connectivity index (χ4n) is 0.533. The lowest BCUT2D eigenvalue weighted by Crippen LogP contribution is -2.29. The zero-order valence-electron chi connectivity index (χ0n) is 5.84. The van der Waals surface area contributed by atoms with Crippen molar-refractivity contribution in [1.82, 2.24) is 11.0 Å². The Morgan fingerprint density at radius 1 is 1.40 bits per heavy atom. The summed E-state index contributed by atoms with van der Waals surface area (Å²) in [4.78, 5) is 0. The standard InChI is InChI=1S/C5H9N3S2/c1-9-4-3-5(10-2)7-8-6-4/h3,6,8H,1-2H3. The highest BCUT2D eigenvalue weighted by Crippen LogP contribution is 2.12. The van der Waals surface area contributed by atoms with E-state index in [1.807, 2.05) is 18.6 Å². The molecule has 10 heavy (non-hydrogen) atoms. The zero-order chi connectivity index (χ0) is 7.40. The maximum absolute atomic E-state index is 3.97. The van der Waals surface area contributed by atoms with Gasteiger partial charge in [0.25, 0.3) is 0 Å². The van der Waals surface area contributed by atoms with Gasteiger partial charge in [-0.1, -0.05) is 0 Å². The molecule has 0 saturated carbocycles. The second-order valence-electron chi connectivity index (χ2n) is 1.60. The van der Waals surface area contributed by atoms with Crippen molar-refractivity contribution < 1.29 is 0 Å². The van der Waals surface area contributed by atoms with Crippen LogP contribution in [0.3, 0.4) is 0 Å². The fraction of sp³-hybridized carbons (Fsp3) is 0.400. The largest absolute Gasteiger partial charge is 0.279 e. The van der Waals surface area contributed by atoms with E-state index < -0.39 is 0 Å². The van der Waals surface area contributed by atoms with Crippen LogP contribution < -0.4 is 11.0 Å². The summed E-state index contributed by atoms with van der Waals surface area (Å²) in [7, 11) is 0. The molecule has 1 aliphatic rings. The van der Waals surface area contributed by atoms with E-state index in [0.29, 0.717) is 0 Å². The van der Waals surface area contributed by atoms with E-state index in [1.165, 1.54) is 0 Å². The van der Waals surface area contributed by atoms with Crippen LogP contribution in [0.25, 0.3) is 0 Å². The molecular formula is C5H9N3S2. The third-order valence-electron chi connectivity index (χ3n) is 1.03. The zero-order valence-corrected chi connectivity index (χ0v) is 7.47. The lowest BCUT2D eigenvalue weighted by atomic mass is 10.6. The molecular weight excluding hydrogens is 166 g/mol. The molecule has 1 heterocycles. The number of hydrogen-bond acceptors (Lipinski definition) is 5. The van der Waals surface area contributed by atoms with Crippen LogP contribution in [0.5, 0.6) is 0 Å². The van der Waals surface area contributed by atoms with Gasteiger partial charge in [-0.25, -0.2) is 5.53 Å². The molecule has 0 amide bonds. The summed E-state index contributed by atoms with van der Waals surface area (Å²) >= 11 is 3.28. The number of hydrazine groups is 1. The Morgan fingerprint density at radius 2 is 2.20 bits per heavy atom. The molecule has 5 heteroatoms. The number of nitrogens with zero attached hydrogens (tertiary/aromatic N) is 1. The molecule has 0 spiro atoms. The third kappa shape index (κ3) is 1.85. The Morgan fingerprint density at radius 3 is 2.80 bits per heavy atom. The maximum atomic E-state index is 3.97. The van der Waals surface area contributed by atoms with Crippen molar-refractivity contribution in [2.75, 3.05) is 12.5 Å². The quantitative estimate of drug-likeness (QED) is 0.623. The molecule has 0 aromatic carbocycles. The average Bonchev–Trinajstić information content (AvgIpc) is 2.05. The Hall–Kier alpha value is -0.290. The molecule has 3 nitrogen and oxygen atoms in total. The van der Waals surface area contributed by atoms with Crippen molar-refractivity contribution >= 4 is 28.6 Å². The van der Waals surface area contributed by atoms with Crippen molar-refractivity contribution in [3.05, 3.63) is 11.1 Å². The number of nitrogens with one attached hydrogen (secondary N) is 2. The van der Waals surface area contributed by atoms with Gasteiger partial charge >= 0.3 is 0 Å². The second-order valence-corrected chi connectivity index (χ2v) is 3.28. The maximum Gasteiger partial charge on any atom is 0.120 e. The van der Waals surface area contributed by atoms with E-state index in [9.17, 15) is 0 Å². The summed E-state index contributed by atoms with van der Waals surface area (Å²) in [6.07, 6.45) is 6.02. The Kier molecular flexibility index (Phi) is 2.95. The lowest BCUT2D eigenvalue weighted by Gasteiger charge is -2.12. The molecule has 0 unspecified atom stereocenters. The summed E-state index contributed by atoms with van der Waals surface area (Å²) < 4.78 is 0. The van der Waals surface area contributed by atoms with Gasteiger partial charge in [0, 0.05) is 6.08 Å². The van der Waals surface area contributed by atoms with Crippen molar-refractivity contribution in [2.24, 2.45) is 5.10 Å². The number of hydrazone groups is 1. The highest BCUT2D eigenvalue weighted by Gasteiger charge is 2.01. The van der Waals surface area contributed by atoms with Crippen LogP contribution in [0, 0.1) is 0 Å². The van der Waals surface area contributed by atoms with Gasteiger partial charge in [0.05, 0.1) is 5.03 Å². The molecule has 56 valence electrons. The Bertz CT molecular complexity index is 176. The smallest absolute Gasteiger partial charge is 0.120 e. The van der Waals surface area contributed by atoms with E-state index in [-0.39, 0.29) is 0 Å². The first kappa shape index (κ1) is 7.81. The molecule has 0 bridgehead atoms. The monoisotopic (exact) mass is 175 g/mol. The first-order valence-corrected chi connectivity index (χ1v) is 5.20. The van der Waals surface area contributed by atoms with Gasteiger partial charge in [0.15, 0.2) is 0 Å². The van der Waals surface area contributed by atoms with Crippen LogP contribution in [-0.4, -0.2) is 17.6 Å². The number of hydrogen-bond donors (Lipinski definition) is 2. The minimum atomic E-state index is 1.00. The van der Waals surface area contributed by atoms with Gasteiger partial charge in [-0.2, -0.15) is 5.10 Å². The molecule has 0 fully saturated rings. The van der Waals surface area contributed by atoms with Crippen LogP contribution in [-0.2, 0) is 0 Å². The van der Waals surface area contributed by atoms with Gasteiger partial charge in [-0.15, -0.1) is 23.5 Å². The third-order valence-corrected chi connectivity index (χ3v) is 2.32. The Labute approximate surface area is 68.7 Å². The lowest BCUT2D eigenvalue weighted by molar-refractivity contribution is 0.654. The van der Waals surface area contributed by atoms with Crippen molar-refractivity contribution in [3.8, 4) is 0 Å². The van der Waals surface area contributed by atoms with Crippen LogP contribution in [0.4, 0.5) is 0 Å². The fourth-order valence-corrected chi connectivity index (χ4v) is 1.36. The summed E-state index contributed by atoms with van der Waals surface area (Å²) in [6.45, 7) is 0. The molecule has 1 aliphatic heterocycles. The molecule has 0 radical (unpaired) electrons. The van der Waals surface area contributed by atoms with Crippen LogP contribution in [0.1, 0.15) is 0 Å². The Balaban J connectivity index is 2.61. The highest BCUT2D eigenvalue weighted by atomic mass is 32.2. The molecule has 0 aliphatic carbocycles. The first-order chi connectivity index (χ1) is 4.86. The molecule has 0 aromatic heterocycles. The van der Waals surface area contributed by atoms with Crippen LogP contribution in [0.2, 0.25) is 0 Å². The minimum Gasteiger partial charge on any atom is -0.279 e. The summed E-state index contributed by atoms with van der Waals surface area (Å²) in [5.41, 5.74) is 5.62. The van der Waals surface area contributed by atoms with Gasteiger partial charge < -0.3 is 0 Å². The van der Waals surface area contributed by atoms with Gasteiger partial charge in [0.1, 0.15) is 5.04 Å². The second kappa shape index (κ2) is 3.78. The average molecular weight is 175 g/mol. The van der Waals surface area contributed by atoms with Gasteiger partial charge in [-0.05, 0) is 12.5 Å². The van der Waals surface area contributed by atoms with Gasteiger partial charge in [0.2, 0.25) is 0 Å². The van der Waals surface area contributed by atoms with E-state index in [0.717, 1.165) is 10.1 Å². The summed E-state index contributed by atoms with van der Waals surface area (Å²) in [6, 6.07) is 0. The van der Waals surface area contributed by atoms with E-state index in [1.54, 1.807) is 23.5 Å². The molecule has 0 aromatic rings. The molecule has 2 N–H and O–H groups in total. The number of thioether (sulfide) groups is 2. The van der Waals surface area contributed by atoms with Gasteiger partial charge in [-0.3, -0.25) is 5.43 Å². The van der Waals surface area contributed by atoms with Crippen molar-refractivity contribution in [2.45, 2.75) is 0 Å². The van der Waals surface area contributed by atoms with Crippen LogP contribution >= 0.6 is 23.5 Å². The molecule has 0 atom stereocenters. The van der Waals surface area contributed by atoms with Crippen molar-refractivity contribution in [1.29, 1.82) is 0 Å². The van der Waals surface area contributed by atoms with E-state index in [4.69, 9.17) is 0 Å². The number of rotatable bonds is 1. The predicted molar refractivity (Wildman–Crippen MR) is 48.8 cm³/mol.